The summed E-state index contributed by atoms with van der Waals surface area (Å²) in [6, 6.07) is 22.2. The van der Waals surface area contributed by atoms with Crippen LogP contribution >= 0.6 is 11.6 Å². The van der Waals surface area contributed by atoms with E-state index in [1.807, 2.05) is 69.3 Å². The van der Waals surface area contributed by atoms with Gasteiger partial charge in [0.1, 0.15) is 5.75 Å². The first-order chi connectivity index (χ1) is 16.9. The normalized spacial score (nSPS) is 13.5. The van der Waals surface area contributed by atoms with Crippen molar-refractivity contribution in [3.63, 3.8) is 0 Å². The third-order valence-electron chi connectivity index (χ3n) is 5.64. The van der Waals surface area contributed by atoms with Crippen LogP contribution in [0.3, 0.4) is 0 Å². The zero-order chi connectivity index (χ0) is 24.8. The number of anilines is 3. The van der Waals surface area contributed by atoms with E-state index in [1.165, 1.54) is 0 Å². The van der Waals surface area contributed by atoms with Gasteiger partial charge in [0.25, 0.3) is 0 Å². The van der Waals surface area contributed by atoms with Crippen LogP contribution in [0.4, 0.5) is 17.1 Å². The zero-order valence-corrected chi connectivity index (χ0v) is 21.2. The number of ether oxygens (including phenoxy) is 2. The molecule has 0 saturated carbocycles. The second-order valence-electron chi connectivity index (χ2n) is 8.92. The van der Waals surface area contributed by atoms with Crippen molar-refractivity contribution in [3.8, 4) is 5.75 Å². The Balaban J connectivity index is 1.54. The molecule has 6 nitrogen and oxygen atoms in total. The largest absolute Gasteiger partial charge is 0.491 e. The van der Waals surface area contributed by atoms with Gasteiger partial charge in [0.15, 0.2) is 0 Å². The first kappa shape index (κ1) is 24.9. The van der Waals surface area contributed by atoms with Gasteiger partial charge in [-0.1, -0.05) is 23.7 Å². The molecule has 0 unspecified atom stereocenters. The smallest absolute Gasteiger partial charge is 0.320 e. The van der Waals surface area contributed by atoms with E-state index in [-0.39, 0.29) is 18.6 Å². The van der Waals surface area contributed by atoms with Crippen LogP contribution in [0.2, 0.25) is 5.02 Å². The summed E-state index contributed by atoms with van der Waals surface area (Å²) >= 11 is 6.07. The molecule has 0 radical (unpaired) electrons. The zero-order valence-electron chi connectivity index (χ0n) is 20.5. The molecule has 0 fully saturated rings. The second-order valence-corrected chi connectivity index (χ2v) is 9.35. The summed E-state index contributed by atoms with van der Waals surface area (Å²) in [5.74, 6) is 0.642. The molecule has 0 aromatic heterocycles. The molecule has 7 heteroatoms. The average Bonchev–Trinajstić information content (AvgIpc) is 2.81. The molecule has 1 aliphatic heterocycles. The van der Waals surface area contributed by atoms with Crippen molar-refractivity contribution in [2.45, 2.75) is 40.0 Å². The number of benzene rings is 3. The predicted molar refractivity (Wildman–Crippen MR) is 141 cm³/mol. The van der Waals surface area contributed by atoms with Gasteiger partial charge >= 0.3 is 5.97 Å². The number of esters is 1. The number of hydrogen-bond donors (Lipinski definition) is 1. The molecule has 0 atom stereocenters. The second kappa shape index (κ2) is 11.5. The van der Waals surface area contributed by atoms with Gasteiger partial charge in [-0.2, -0.15) is 0 Å². The highest BCUT2D eigenvalue weighted by molar-refractivity contribution is 6.30. The first-order valence-electron chi connectivity index (χ1n) is 11.9. The summed E-state index contributed by atoms with van der Waals surface area (Å²) < 4.78 is 10.9. The van der Waals surface area contributed by atoms with Gasteiger partial charge < -0.3 is 19.7 Å². The molecule has 3 aromatic carbocycles. The number of hydrogen-bond acceptors (Lipinski definition) is 6. The van der Waals surface area contributed by atoms with Gasteiger partial charge in [-0.3, -0.25) is 9.69 Å². The minimum absolute atomic E-state index is 0.142. The van der Waals surface area contributed by atoms with Gasteiger partial charge in [-0.25, -0.2) is 0 Å². The molecule has 0 saturated heterocycles. The number of nitrogens with one attached hydrogen (secondary N) is 1. The maximum absolute atomic E-state index is 12.2. The Morgan fingerprint density at radius 2 is 1.74 bits per heavy atom. The number of carbonyl (C=O) groups is 1. The van der Waals surface area contributed by atoms with E-state index >= 15 is 0 Å². The molecule has 0 aliphatic carbocycles. The van der Waals surface area contributed by atoms with E-state index in [0.717, 1.165) is 39.0 Å². The lowest BCUT2D eigenvalue weighted by Crippen LogP contribution is -2.44. The summed E-state index contributed by atoms with van der Waals surface area (Å²) in [5.41, 5.74) is 5.44. The molecule has 0 spiro atoms. The molecule has 184 valence electrons. The van der Waals surface area contributed by atoms with Gasteiger partial charge in [0, 0.05) is 35.2 Å². The number of carbonyl (C=O) groups excluding carboxylic acids is 1. The minimum Gasteiger partial charge on any atom is -0.491 e. The number of halogens is 1. The van der Waals surface area contributed by atoms with Crippen molar-refractivity contribution in [3.05, 3.63) is 82.9 Å². The van der Waals surface area contributed by atoms with Crippen LogP contribution in [0, 0.1) is 0 Å². The minimum atomic E-state index is -0.208. The maximum atomic E-state index is 12.2. The molecule has 35 heavy (non-hydrogen) atoms. The van der Waals surface area contributed by atoms with Gasteiger partial charge in [0.2, 0.25) is 0 Å². The summed E-state index contributed by atoms with van der Waals surface area (Å²) in [6.07, 6.45) is 0.142. The number of rotatable bonds is 9. The van der Waals surface area contributed by atoms with Crippen LogP contribution in [0.1, 0.15) is 31.9 Å². The first-order valence-corrected chi connectivity index (χ1v) is 12.3. The molecule has 3 aromatic rings. The third-order valence-corrected chi connectivity index (χ3v) is 5.90. The van der Waals surface area contributed by atoms with Crippen LogP contribution < -0.4 is 15.0 Å². The molecule has 4 rings (SSSR count). The fourth-order valence-electron chi connectivity index (χ4n) is 4.20. The maximum Gasteiger partial charge on any atom is 0.320 e. The lowest BCUT2D eigenvalue weighted by atomic mass is 10.1. The molecule has 0 amide bonds. The van der Waals surface area contributed by atoms with Crippen LogP contribution in [0.5, 0.6) is 5.75 Å². The average molecular weight is 494 g/mol. The molecular weight excluding hydrogens is 462 g/mol. The van der Waals surface area contributed by atoms with Crippen molar-refractivity contribution >= 4 is 34.6 Å². The summed E-state index contributed by atoms with van der Waals surface area (Å²) in [5, 5.41) is 4.20. The topological polar surface area (TPSA) is 54.0 Å². The molecule has 1 N–H and O–H groups in total. The van der Waals surface area contributed by atoms with Crippen molar-refractivity contribution in [1.29, 1.82) is 0 Å². The van der Waals surface area contributed by atoms with Crippen molar-refractivity contribution in [2.75, 3.05) is 30.0 Å². The van der Waals surface area contributed by atoms with E-state index in [9.17, 15) is 4.79 Å². The highest BCUT2D eigenvalue weighted by atomic mass is 35.5. The van der Waals surface area contributed by atoms with E-state index < -0.39 is 0 Å². The van der Waals surface area contributed by atoms with Crippen molar-refractivity contribution < 1.29 is 14.3 Å². The number of fused-ring (bicyclic) bond motifs is 1. The predicted octanol–water partition coefficient (Wildman–Crippen LogP) is 6.21. The van der Waals surface area contributed by atoms with E-state index in [2.05, 4.69) is 33.3 Å². The Morgan fingerprint density at radius 1 is 1.03 bits per heavy atom. The number of nitrogens with zero attached hydrogens (tertiary/aromatic N) is 2. The lowest BCUT2D eigenvalue weighted by Gasteiger charge is -2.38. The summed E-state index contributed by atoms with van der Waals surface area (Å²) in [6.45, 7) is 8.51. The Morgan fingerprint density at radius 3 is 2.43 bits per heavy atom. The van der Waals surface area contributed by atoms with Crippen LogP contribution in [-0.4, -0.2) is 36.8 Å². The quantitative estimate of drug-likeness (QED) is 0.357. The van der Waals surface area contributed by atoms with Crippen molar-refractivity contribution in [1.82, 2.24) is 4.90 Å². The van der Waals surface area contributed by atoms with Crippen LogP contribution in [0.15, 0.2) is 66.7 Å². The standard InChI is InChI=1S/C28H32ClN3O3/c1-4-34-28(33)18-31-17-22-15-25(30-24-9-12-26(13-10-24)35-20(2)3)11-14-27(22)32(19-31)16-21-5-7-23(29)8-6-21/h5-15,20,30H,4,16-19H2,1-3H3. The highest BCUT2D eigenvalue weighted by Gasteiger charge is 2.25. The molecular formula is C28H32ClN3O3. The summed E-state index contributed by atoms with van der Waals surface area (Å²) in [7, 11) is 0. The Labute approximate surface area is 212 Å². The van der Waals surface area contributed by atoms with E-state index in [0.29, 0.717) is 26.4 Å². The van der Waals surface area contributed by atoms with Gasteiger partial charge in [0.05, 0.1) is 25.9 Å². The molecule has 1 aliphatic rings. The van der Waals surface area contributed by atoms with E-state index in [1.54, 1.807) is 0 Å². The SMILES string of the molecule is CCOC(=O)CN1Cc2cc(Nc3ccc(OC(C)C)cc3)ccc2N(Cc2ccc(Cl)cc2)C1. The molecule has 1 heterocycles. The van der Waals surface area contributed by atoms with Gasteiger partial charge in [-0.05, 0) is 86.5 Å². The monoisotopic (exact) mass is 493 g/mol. The lowest BCUT2D eigenvalue weighted by molar-refractivity contribution is -0.144. The Kier molecular flexibility index (Phi) is 8.16. The summed E-state index contributed by atoms with van der Waals surface area (Å²) in [4.78, 5) is 16.6. The van der Waals surface area contributed by atoms with Crippen LogP contribution in [-0.2, 0) is 22.6 Å². The third kappa shape index (κ3) is 6.90. The van der Waals surface area contributed by atoms with Crippen molar-refractivity contribution in [2.24, 2.45) is 0 Å². The fourth-order valence-corrected chi connectivity index (χ4v) is 4.33. The van der Waals surface area contributed by atoms with Crippen LogP contribution in [0.25, 0.3) is 0 Å². The Hall–Kier alpha value is -3.22. The highest BCUT2D eigenvalue weighted by Crippen LogP contribution is 2.32. The fraction of sp³-hybridized carbons (Fsp3) is 0.321. The Bertz CT molecular complexity index is 1130. The van der Waals surface area contributed by atoms with E-state index in [4.69, 9.17) is 21.1 Å². The van der Waals surface area contributed by atoms with Gasteiger partial charge in [-0.15, -0.1) is 0 Å². The molecule has 0 bridgehead atoms.